The van der Waals surface area contributed by atoms with Crippen LogP contribution in [-0.4, -0.2) is 40.1 Å². The number of imidazole rings is 1. The van der Waals surface area contributed by atoms with Crippen LogP contribution in [0.3, 0.4) is 0 Å². The fraction of sp³-hybridized carbons (Fsp3) is 0.286. The van der Waals surface area contributed by atoms with E-state index in [0.29, 0.717) is 5.82 Å². The van der Waals surface area contributed by atoms with Gasteiger partial charge in [-0.05, 0) is 0 Å². The molecule has 0 saturated heterocycles. The summed E-state index contributed by atoms with van der Waals surface area (Å²) in [5.74, 6) is 0.984. The molecule has 0 fully saturated rings. The van der Waals surface area contributed by atoms with E-state index in [1.165, 1.54) is 18.3 Å². The van der Waals surface area contributed by atoms with Crippen LogP contribution in [-0.2, 0) is 42.7 Å². The van der Waals surface area contributed by atoms with Gasteiger partial charge in [0.2, 0.25) is 0 Å². The zero-order chi connectivity index (χ0) is 43.6. The number of fused-ring (bicyclic) bond motifs is 1. The average molecular weight is 1110 g/mol. The number of benzene rings is 5. The second-order valence-corrected chi connectivity index (χ2v) is 23.4. The van der Waals surface area contributed by atoms with E-state index in [0.717, 1.165) is 66.9 Å². The number of phenolic OH excluding ortho intramolecular Hbond substituents is 1. The first-order chi connectivity index (χ1) is 28.7. The van der Waals surface area contributed by atoms with Gasteiger partial charge < -0.3 is 0 Å². The number of para-hydroxylation sites is 1. The van der Waals surface area contributed by atoms with Crippen LogP contribution in [0, 0.1) is 6.07 Å². The summed E-state index contributed by atoms with van der Waals surface area (Å²) < 4.78 is 4.93. The maximum atomic E-state index is 12.5. The number of aromatic nitrogens is 3. The van der Waals surface area contributed by atoms with Crippen molar-refractivity contribution in [1.82, 2.24) is 14.5 Å². The van der Waals surface area contributed by atoms with Crippen LogP contribution in [0.2, 0.25) is 0 Å². The monoisotopic (exact) mass is 1110 g/mol. The van der Waals surface area contributed by atoms with Gasteiger partial charge in [0.25, 0.3) is 0 Å². The Labute approximate surface area is 393 Å². The fourth-order valence-corrected chi connectivity index (χ4v) is 11.4. The van der Waals surface area contributed by atoms with E-state index in [2.05, 4.69) is 215 Å². The molecule has 3 heterocycles. The molecular weight excluding hydrogens is 1050 g/mol. The average Bonchev–Trinajstić information content (AvgIpc) is 3.84. The van der Waals surface area contributed by atoms with Crippen LogP contribution in [0.5, 0.6) is 5.75 Å². The van der Waals surface area contributed by atoms with E-state index < -0.39 is 20.4 Å². The minimum atomic E-state index is -0.841. The largest absolute Gasteiger partial charge is 0 e. The molecule has 0 saturated carbocycles. The van der Waals surface area contributed by atoms with Gasteiger partial charge in [-0.25, -0.2) is 0 Å². The van der Waals surface area contributed by atoms with Crippen molar-refractivity contribution in [2.45, 2.75) is 105 Å². The molecule has 0 radical (unpaired) electrons. The molecule has 8 rings (SSSR count). The topological polar surface area (TPSA) is 50.9 Å². The molecule has 0 bridgehead atoms. The van der Waals surface area contributed by atoms with Crippen LogP contribution < -0.4 is 0 Å². The molecule has 0 aliphatic carbocycles. The van der Waals surface area contributed by atoms with E-state index in [1.807, 2.05) is 6.20 Å². The molecule has 1 N–H and O–H groups in total. The second-order valence-electron chi connectivity index (χ2n) is 20.5. The molecule has 4 nitrogen and oxygen atoms in total. The Bertz CT molecular complexity index is 2900. The third kappa shape index (κ3) is 8.84. The molecule has 62 heavy (non-hydrogen) atoms. The van der Waals surface area contributed by atoms with Gasteiger partial charge in [-0.2, -0.15) is 0 Å². The summed E-state index contributed by atoms with van der Waals surface area (Å²) in [5.41, 5.74) is 14.0. The van der Waals surface area contributed by atoms with Gasteiger partial charge in [0.05, 0.1) is 0 Å². The summed E-state index contributed by atoms with van der Waals surface area (Å²) in [5, 5.41) is 12.5. The Morgan fingerprint density at radius 2 is 1.19 bits per heavy atom. The van der Waals surface area contributed by atoms with E-state index >= 15 is 0 Å². The third-order valence-corrected chi connectivity index (χ3v) is 16.0. The molecule has 0 amide bonds. The summed E-state index contributed by atoms with van der Waals surface area (Å²) in [4.78, 5) is 10.6. The summed E-state index contributed by atoms with van der Waals surface area (Å²) >= 11 is -0.841. The van der Waals surface area contributed by atoms with Crippen molar-refractivity contribution in [3.05, 3.63) is 154 Å². The van der Waals surface area contributed by atoms with Gasteiger partial charge in [-0.15, -0.1) is 0 Å². The number of hydrogen-bond donors (Lipinski definition) is 1. The number of aromatic hydroxyl groups is 1. The molecule has 0 aliphatic rings. The van der Waals surface area contributed by atoms with E-state index in [4.69, 9.17) is 9.97 Å². The first-order valence-corrected chi connectivity index (χ1v) is 23.7. The van der Waals surface area contributed by atoms with Crippen molar-refractivity contribution in [1.29, 1.82) is 0 Å². The number of pyridine rings is 1. The standard InChI is InChI=1S/C56H58N3OTe.Pt/c1-53(2,3)38-26-27-46(41(31-38)36-22-17-14-18-23-36)59-47-25-19-24-40(49(47)58-52(59)43-32-39(54(4,5)6)33-44(50(43)60)55(7,8)9)42-34-48(61-51(42)56(10,11)12)45-30-37(28-29-57-45)35-20-15-13-16-21-35;/h13-33,60H,1-12H3;/q-1;. The molecule has 320 valence electrons. The van der Waals surface area contributed by atoms with Gasteiger partial charge in [-0.1, -0.05) is 0 Å². The summed E-state index contributed by atoms with van der Waals surface area (Å²) in [6.07, 6.45) is 1.93. The summed E-state index contributed by atoms with van der Waals surface area (Å²) in [6, 6.07) is 47.3. The van der Waals surface area contributed by atoms with Crippen LogP contribution in [0.15, 0.2) is 128 Å². The molecule has 0 unspecified atom stereocenters. The van der Waals surface area contributed by atoms with Crippen molar-refractivity contribution < 1.29 is 26.2 Å². The Balaban J connectivity index is 0.00000578. The maximum absolute atomic E-state index is 12.5. The van der Waals surface area contributed by atoms with Crippen LogP contribution >= 0.6 is 0 Å². The molecule has 5 aromatic carbocycles. The normalized spacial score (nSPS) is 12.5. The van der Waals surface area contributed by atoms with Gasteiger partial charge >= 0.3 is 375 Å². The minimum absolute atomic E-state index is 0. The predicted molar refractivity (Wildman–Crippen MR) is 258 cm³/mol. The number of phenols is 1. The predicted octanol–water partition coefficient (Wildman–Crippen LogP) is 14.5. The van der Waals surface area contributed by atoms with E-state index in [1.54, 1.807) is 0 Å². The Hall–Kier alpha value is -4.52. The molecule has 8 aromatic rings. The van der Waals surface area contributed by atoms with Crippen LogP contribution in [0.1, 0.15) is 103 Å². The van der Waals surface area contributed by atoms with Crippen molar-refractivity contribution in [2.75, 3.05) is 0 Å². The Morgan fingerprint density at radius 3 is 1.81 bits per heavy atom. The molecular formula is C56H58N3OPtTe-. The van der Waals surface area contributed by atoms with Crippen LogP contribution in [0.4, 0.5) is 0 Å². The fourth-order valence-electron chi connectivity index (χ4n) is 8.13. The number of nitrogens with zero attached hydrogens (tertiary/aromatic N) is 3. The first-order valence-electron chi connectivity index (χ1n) is 21.4. The SMILES string of the molecule is CC(C)(C)c1ccc(-n2c(-c3cc(C(C)(C)C)cc(C(C)(C)C)c3O)nc3c(-c4[c-]c(-c5cc(-c6ccccc6)ccn5)[te]c4C(C)(C)C)cccc32)c(-c2ccccc2)c1.[Pt]. The van der Waals surface area contributed by atoms with Gasteiger partial charge in [0.1, 0.15) is 0 Å². The third-order valence-electron chi connectivity index (χ3n) is 11.6. The van der Waals surface area contributed by atoms with Crippen molar-refractivity contribution in [2.24, 2.45) is 0 Å². The van der Waals surface area contributed by atoms with E-state index in [-0.39, 0.29) is 48.5 Å². The first kappa shape index (κ1) is 45.5. The van der Waals surface area contributed by atoms with Gasteiger partial charge in [0, 0.05) is 21.1 Å². The molecule has 3 aromatic heterocycles. The molecule has 0 aliphatic heterocycles. The summed E-state index contributed by atoms with van der Waals surface area (Å²) in [7, 11) is 0. The van der Waals surface area contributed by atoms with Crippen molar-refractivity contribution in [3.8, 4) is 65.5 Å². The van der Waals surface area contributed by atoms with Gasteiger partial charge in [0.15, 0.2) is 0 Å². The Kier molecular flexibility index (Phi) is 12.4. The Morgan fingerprint density at radius 1 is 0.565 bits per heavy atom. The number of hydrogen-bond acceptors (Lipinski definition) is 3. The van der Waals surface area contributed by atoms with Gasteiger partial charge in [-0.3, -0.25) is 0 Å². The maximum Gasteiger partial charge on any atom is 0 e. The number of rotatable bonds is 6. The molecule has 6 heteroatoms. The zero-order valence-electron chi connectivity index (χ0n) is 38.1. The quantitative estimate of drug-likeness (QED) is 0.133. The second kappa shape index (κ2) is 16.9. The molecule has 0 spiro atoms. The van der Waals surface area contributed by atoms with E-state index in [9.17, 15) is 5.11 Å². The minimum Gasteiger partial charge on any atom is 0 e. The smallest absolute Gasteiger partial charge is 0 e. The zero-order valence-corrected chi connectivity index (χ0v) is 42.7. The van der Waals surface area contributed by atoms with Crippen LogP contribution in [0.25, 0.3) is 70.8 Å². The summed E-state index contributed by atoms with van der Waals surface area (Å²) in [6.45, 7) is 27.0. The van der Waals surface area contributed by atoms with Crippen molar-refractivity contribution >= 4 is 31.5 Å². The van der Waals surface area contributed by atoms with Crippen molar-refractivity contribution in [3.63, 3.8) is 0 Å². The molecule has 0 atom stereocenters.